The van der Waals surface area contributed by atoms with Crippen molar-refractivity contribution in [3.63, 3.8) is 0 Å². The maximum atomic E-state index is 5.53. The van der Waals surface area contributed by atoms with E-state index in [4.69, 9.17) is 14.1 Å². The Labute approximate surface area is 192 Å². The Bertz CT molecular complexity index is 590. The lowest BCUT2D eigenvalue weighted by atomic mass is 10.0. The predicted molar refractivity (Wildman–Crippen MR) is 127 cm³/mol. The summed E-state index contributed by atoms with van der Waals surface area (Å²) in [6.07, 6.45) is 11.4. The zero-order valence-corrected chi connectivity index (χ0v) is 19.8. The minimum atomic E-state index is 0. The molecule has 164 valence electrons. The first-order valence-electron chi connectivity index (χ1n) is 11.2. The molecule has 1 atom stereocenters. The fourth-order valence-electron chi connectivity index (χ4n) is 4.67. The molecule has 2 N–H and O–H groups in total. The largest absolute Gasteiger partial charge is 0.469 e. The van der Waals surface area contributed by atoms with E-state index in [0.29, 0.717) is 12.1 Å². The molecule has 3 heterocycles. The molecule has 1 aliphatic carbocycles. The van der Waals surface area contributed by atoms with E-state index in [2.05, 4.69) is 15.5 Å². The molecule has 0 bridgehead atoms. The van der Waals surface area contributed by atoms with Crippen molar-refractivity contribution in [1.29, 1.82) is 0 Å². The van der Waals surface area contributed by atoms with Crippen LogP contribution in [0.4, 0.5) is 0 Å². The van der Waals surface area contributed by atoms with Gasteiger partial charge in [0.1, 0.15) is 5.76 Å². The van der Waals surface area contributed by atoms with Gasteiger partial charge < -0.3 is 24.7 Å². The topological polar surface area (TPSA) is 62.0 Å². The Balaban J connectivity index is 0.00000240. The Hall–Kier alpha value is -0.800. The first kappa shape index (κ1) is 22.9. The molecule has 0 radical (unpaired) electrons. The van der Waals surface area contributed by atoms with Crippen LogP contribution in [0.5, 0.6) is 0 Å². The van der Waals surface area contributed by atoms with Crippen LogP contribution >= 0.6 is 24.0 Å². The van der Waals surface area contributed by atoms with Crippen molar-refractivity contribution < 1.29 is 9.15 Å². The molecular weight excluding hydrogens is 479 g/mol. The molecule has 3 fully saturated rings. The number of furan rings is 1. The molecular formula is C22H37IN4O2. The summed E-state index contributed by atoms with van der Waals surface area (Å²) in [5.74, 6) is 2.75. The Morgan fingerprint density at radius 2 is 1.83 bits per heavy atom. The van der Waals surface area contributed by atoms with Gasteiger partial charge in [0, 0.05) is 51.3 Å². The Morgan fingerprint density at radius 3 is 2.48 bits per heavy atom. The fourth-order valence-corrected chi connectivity index (χ4v) is 4.67. The molecule has 2 aliphatic heterocycles. The maximum absolute atomic E-state index is 5.53. The lowest BCUT2D eigenvalue weighted by molar-refractivity contribution is 0.150. The van der Waals surface area contributed by atoms with Gasteiger partial charge in [0.25, 0.3) is 0 Å². The van der Waals surface area contributed by atoms with E-state index >= 15 is 0 Å². The van der Waals surface area contributed by atoms with E-state index in [9.17, 15) is 0 Å². The van der Waals surface area contributed by atoms with Gasteiger partial charge in [-0.3, -0.25) is 4.99 Å². The molecule has 1 aromatic rings. The van der Waals surface area contributed by atoms with Gasteiger partial charge in [0.15, 0.2) is 5.96 Å². The molecule has 29 heavy (non-hydrogen) atoms. The maximum Gasteiger partial charge on any atom is 0.191 e. The quantitative estimate of drug-likeness (QED) is 0.331. The standard InChI is InChI=1S/C22H36N4O2.HI/c1-2-5-19(4-1)24-22(23-11-7-21-6-3-14-28-21)25-20-8-12-26(13-9-20)16-18-10-15-27-17-18;/h3,6,14,18-20H,1-2,4-5,7-13,15-17H2,(H2,23,24,25);1H. The van der Waals surface area contributed by atoms with Crippen LogP contribution in [0.3, 0.4) is 0 Å². The van der Waals surface area contributed by atoms with Crippen LogP contribution in [-0.2, 0) is 11.2 Å². The summed E-state index contributed by atoms with van der Waals surface area (Å²) in [5.41, 5.74) is 0. The number of nitrogens with one attached hydrogen (secondary N) is 2. The van der Waals surface area contributed by atoms with E-state index in [0.717, 1.165) is 43.8 Å². The van der Waals surface area contributed by atoms with E-state index < -0.39 is 0 Å². The third-order valence-electron chi connectivity index (χ3n) is 6.37. The van der Waals surface area contributed by atoms with Gasteiger partial charge in [0.05, 0.1) is 12.9 Å². The molecule has 4 rings (SSSR count). The van der Waals surface area contributed by atoms with Gasteiger partial charge >= 0.3 is 0 Å². The number of aliphatic imine (C=N–C) groups is 1. The lowest BCUT2D eigenvalue weighted by Crippen LogP contribution is -2.51. The summed E-state index contributed by atoms with van der Waals surface area (Å²) < 4.78 is 11.0. The Kier molecular flexibility index (Phi) is 9.58. The number of guanidine groups is 1. The highest BCUT2D eigenvalue weighted by Crippen LogP contribution is 2.19. The predicted octanol–water partition coefficient (Wildman–Crippen LogP) is 3.42. The average Bonchev–Trinajstić information content (AvgIpc) is 3.47. The third-order valence-corrected chi connectivity index (χ3v) is 6.37. The van der Waals surface area contributed by atoms with E-state index in [-0.39, 0.29) is 24.0 Å². The van der Waals surface area contributed by atoms with Crippen molar-refractivity contribution in [3.05, 3.63) is 24.2 Å². The summed E-state index contributed by atoms with van der Waals surface area (Å²) in [5, 5.41) is 7.43. The SMILES string of the molecule is I.c1coc(CCN=C(NC2CCCC2)NC2CCN(CC3CCOC3)CC2)c1. The van der Waals surface area contributed by atoms with Gasteiger partial charge in [-0.2, -0.15) is 0 Å². The van der Waals surface area contributed by atoms with E-state index in [1.807, 2.05) is 12.1 Å². The van der Waals surface area contributed by atoms with Gasteiger partial charge in [-0.15, -0.1) is 24.0 Å². The monoisotopic (exact) mass is 516 g/mol. The third kappa shape index (κ3) is 7.43. The summed E-state index contributed by atoms with van der Waals surface area (Å²) in [7, 11) is 0. The van der Waals surface area contributed by atoms with Crippen LogP contribution in [0.25, 0.3) is 0 Å². The number of rotatable bonds is 7. The normalized spacial score (nSPS) is 24.6. The zero-order valence-electron chi connectivity index (χ0n) is 17.5. The van der Waals surface area contributed by atoms with Crippen molar-refractivity contribution in [2.45, 2.75) is 63.5 Å². The van der Waals surface area contributed by atoms with E-state index in [1.54, 1.807) is 6.26 Å². The minimum Gasteiger partial charge on any atom is -0.469 e. The summed E-state index contributed by atoms with van der Waals surface area (Å²) in [4.78, 5) is 7.48. The van der Waals surface area contributed by atoms with Crippen LogP contribution in [-0.4, -0.2) is 62.3 Å². The summed E-state index contributed by atoms with van der Waals surface area (Å²) in [6.45, 7) is 6.23. The molecule has 1 aromatic heterocycles. The second-order valence-electron chi connectivity index (χ2n) is 8.63. The smallest absolute Gasteiger partial charge is 0.191 e. The van der Waals surface area contributed by atoms with Crippen LogP contribution < -0.4 is 10.6 Å². The van der Waals surface area contributed by atoms with Gasteiger partial charge in [-0.25, -0.2) is 0 Å². The van der Waals surface area contributed by atoms with Crippen molar-refractivity contribution in [2.24, 2.45) is 10.9 Å². The number of hydrogen-bond donors (Lipinski definition) is 2. The zero-order chi connectivity index (χ0) is 19.0. The fraction of sp³-hybridized carbons (Fsp3) is 0.773. The highest BCUT2D eigenvalue weighted by atomic mass is 127. The number of hydrogen-bond acceptors (Lipinski definition) is 4. The van der Waals surface area contributed by atoms with Gasteiger partial charge in [-0.1, -0.05) is 12.8 Å². The lowest BCUT2D eigenvalue weighted by Gasteiger charge is -2.34. The van der Waals surface area contributed by atoms with Crippen LogP contribution in [0.2, 0.25) is 0 Å². The molecule has 7 heteroatoms. The molecule has 2 saturated heterocycles. The minimum absolute atomic E-state index is 0. The highest BCUT2D eigenvalue weighted by molar-refractivity contribution is 14.0. The average molecular weight is 516 g/mol. The van der Waals surface area contributed by atoms with Crippen molar-refractivity contribution in [2.75, 3.05) is 39.4 Å². The summed E-state index contributed by atoms with van der Waals surface area (Å²) in [6, 6.07) is 5.07. The van der Waals surface area contributed by atoms with Crippen LogP contribution in [0, 0.1) is 5.92 Å². The molecule has 6 nitrogen and oxygen atoms in total. The van der Waals surface area contributed by atoms with Crippen LogP contribution in [0.1, 0.15) is 50.7 Å². The number of halogens is 1. The number of ether oxygens (including phenoxy) is 1. The van der Waals surface area contributed by atoms with Gasteiger partial charge in [-0.05, 0) is 50.2 Å². The summed E-state index contributed by atoms with van der Waals surface area (Å²) >= 11 is 0. The molecule has 1 unspecified atom stereocenters. The number of nitrogens with zero attached hydrogens (tertiary/aromatic N) is 2. The van der Waals surface area contributed by atoms with Crippen molar-refractivity contribution >= 4 is 29.9 Å². The van der Waals surface area contributed by atoms with Crippen LogP contribution in [0.15, 0.2) is 27.8 Å². The van der Waals surface area contributed by atoms with E-state index in [1.165, 1.54) is 64.6 Å². The second kappa shape index (κ2) is 12.2. The molecule has 0 amide bonds. The Morgan fingerprint density at radius 1 is 1.07 bits per heavy atom. The molecule has 0 aromatic carbocycles. The van der Waals surface area contributed by atoms with Crippen molar-refractivity contribution in [1.82, 2.24) is 15.5 Å². The second-order valence-corrected chi connectivity index (χ2v) is 8.63. The molecule has 0 spiro atoms. The first-order chi connectivity index (χ1) is 13.8. The highest BCUT2D eigenvalue weighted by Gasteiger charge is 2.25. The molecule has 1 saturated carbocycles. The first-order valence-corrected chi connectivity index (χ1v) is 11.2. The number of piperidine rings is 1. The van der Waals surface area contributed by atoms with Gasteiger partial charge in [0.2, 0.25) is 0 Å². The number of likely N-dealkylation sites (tertiary alicyclic amines) is 1. The molecule has 3 aliphatic rings. The van der Waals surface area contributed by atoms with Crippen molar-refractivity contribution in [3.8, 4) is 0 Å².